The number of nitrogens with two attached hydrogens (primary N) is 1. The zero-order valence-electron chi connectivity index (χ0n) is 16.8. The normalized spacial score (nSPS) is 11.2. The number of hydrogen-bond acceptors (Lipinski definition) is 6. The molecular formula is C23H21N5O2S. The molecule has 8 heteroatoms. The number of nitrogen functional groups attached to an aromatic ring is 1. The van der Waals surface area contributed by atoms with Crippen molar-refractivity contribution in [2.24, 2.45) is 0 Å². The molecule has 1 heterocycles. The van der Waals surface area contributed by atoms with E-state index in [4.69, 9.17) is 5.73 Å². The van der Waals surface area contributed by atoms with Crippen LogP contribution in [0.1, 0.15) is 28.4 Å². The Morgan fingerprint density at radius 3 is 2.42 bits per heavy atom. The largest absolute Gasteiger partial charge is 0.383 e. The van der Waals surface area contributed by atoms with Crippen molar-refractivity contribution in [2.75, 3.05) is 11.1 Å². The van der Waals surface area contributed by atoms with Crippen LogP contribution < -0.4 is 16.4 Å². The Balaban J connectivity index is 1.70. The first-order valence-electron chi connectivity index (χ1n) is 9.53. The summed E-state index contributed by atoms with van der Waals surface area (Å²) in [5.74, 6) is -0.659. The maximum atomic E-state index is 12.6. The number of carbonyl (C=O) groups excluding carboxylic acids is 2. The molecule has 3 aromatic rings. The highest BCUT2D eigenvalue weighted by Gasteiger charge is 2.21. The van der Waals surface area contributed by atoms with Crippen molar-refractivity contribution in [2.45, 2.75) is 23.7 Å². The molecule has 4 N–H and O–H groups in total. The van der Waals surface area contributed by atoms with Crippen LogP contribution in [0, 0.1) is 11.3 Å². The number of carbonyl (C=O) groups is 2. The van der Waals surface area contributed by atoms with E-state index in [1.54, 1.807) is 31.2 Å². The third kappa shape index (κ3) is 5.84. The van der Waals surface area contributed by atoms with Crippen molar-refractivity contribution >= 4 is 35.1 Å². The number of nitrogens with one attached hydrogen (secondary N) is 2. The number of rotatable bonds is 7. The van der Waals surface area contributed by atoms with E-state index in [1.165, 1.54) is 6.07 Å². The number of pyridine rings is 1. The fourth-order valence-electron chi connectivity index (χ4n) is 2.73. The van der Waals surface area contributed by atoms with E-state index in [0.29, 0.717) is 17.3 Å². The minimum atomic E-state index is -0.508. The molecule has 0 saturated carbocycles. The summed E-state index contributed by atoms with van der Waals surface area (Å²) in [6.07, 6.45) is 0. The number of nitriles is 1. The second kappa shape index (κ2) is 10.3. The van der Waals surface area contributed by atoms with Crippen LogP contribution in [0.4, 0.5) is 11.5 Å². The number of hydrogen-bond donors (Lipinski definition) is 3. The zero-order valence-corrected chi connectivity index (χ0v) is 17.6. The Morgan fingerprint density at radius 2 is 1.77 bits per heavy atom. The molecule has 0 saturated heterocycles. The van der Waals surface area contributed by atoms with E-state index in [9.17, 15) is 14.9 Å². The van der Waals surface area contributed by atoms with Gasteiger partial charge in [0, 0.05) is 12.2 Å². The molecule has 1 atom stereocenters. The summed E-state index contributed by atoms with van der Waals surface area (Å²) in [4.78, 5) is 29.2. The van der Waals surface area contributed by atoms with Crippen LogP contribution in [-0.4, -0.2) is 22.0 Å². The van der Waals surface area contributed by atoms with E-state index in [-0.39, 0.29) is 22.9 Å². The molecule has 0 bridgehead atoms. The number of amides is 2. The van der Waals surface area contributed by atoms with Gasteiger partial charge in [0.2, 0.25) is 5.91 Å². The molecule has 0 radical (unpaired) electrons. The Hall–Kier alpha value is -3.83. The second-order valence-electron chi connectivity index (χ2n) is 6.67. The third-order valence-corrected chi connectivity index (χ3v) is 5.48. The lowest BCUT2D eigenvalue weighted by Crippen LogP contribution is -2.30. The molecule has 0 aliphatic carbocycles. The van der Waals surface area contributed by atoms with E-state index in [2.05, 4.69) is 15.6 Å². The second-order valence-corrected chi connectivity index (χ2v) is 8.00. The molecule has 2 aromatic carbocycles. The molecule has 1 aromatic heterocycles. The Labute approximate surface area is 184 Å². The quantitative estimate of drug-likeness (QED) is 0.492. The van der Waals surface area contributed by atoms with Crippen LogP contribution in [0.15, 0.2) is 71.8 Å². The molecule has 156 valence electrons. The fourth-order valence-corrected chi connectivity index (χ4v) is 3.64. The minimum absolute atomic E-state index is 0.00757. The number of nitrogens with zero attached hydrogens (tertiary/aromatic N) is 2. The van der Waals surface area contributed by atoms with Crippen molar-refractivity contribution < 1.29 is 9.59 Å². The van der Waals surface area contributed by atoms with Gasteiger partial charge in [-0.2, -0.15) is 5.26 Å². The van der Waals surface area contributed by atoms with E-state index < -0.39 is 11.2 Å². The first-order valence-corrected chi connectivity index (χ1v) is 10.4. The number of aromatic nitrogens is 1. The summed E-state index contributed by atoms with van der Waals surface area (Å²) >= 11 is 1.12. The number of anilines is 2. The third-order valence-electron chi connectivity index (χ3n) is 4.38. The predicted molar refractivity (Wildman–Crippen MR) is 121 cm³/mol. The molecule has 3 rings (SSSR count). The average molecular weight is 432 g/mol. The van der Waals surface area contributed by atoms with Gasteiger partial charge in [-0.1, -0.05) is 60.3 Å². The number of benzene rings is 2. The number of thioether (sulfide) groups is 1. The first kappa shape index (κ1) is 21.9. The van der Waals surface area contributed by atoms with Crippen LogP contribution in [0.25, 0.3) is 0 Å². The standard InChI is InChI=1S/C23H21N5O2S/c1-15(21(29)26-14-16-8-4-2-5-9-16)31-23-17(13-24)12-19(20(25)28-23)22(30)27-18-10-6-3-7-11-18/h2-12,15H,14H2,1H3,(H2,25,28)(H,26,29)(H,27,30). The van der Waals surface area contributed by atoms with Gasteiger partial charge in [-0.3, -0.25) is 9.59 Å². The molecule has 0 aliphatic heterocycles. The van der Waals surface area contributed by atoms with Crippen LogP contribution >= 0.6 is 11.8 Å². The Bertz CT molecular complexity index is 1110. The lowest BCUT2D eigenvalue weighted by atomic mass is 10.2. The molecular weight excluding hydrogens is 410 g/mol. The van der Waals surface area contributed by atoms with Crippen molar-refractivity contribution in [1.82, 2.24) is 10.3 Å². The SMILES string of the molecule is CC(Sc1nc(N)c(C(=O)Nc2ccccc2)cc1C#N)C(=O)NCc1ccccc1. The Morgan fingerprint density at radius 1 is 1.13 bits per heavy atom. The average Bonchev–Trinajstić information content (AvgIpc) is 2.78. The molecule has 0 spiro atoms. The predicted octanol–water partition coefficient (Wildman–Crippen LogP) is 3.58. The van der Waals surface area contributed by atoms with Gasteiger partial charge in [-0.05, 0) is 30.7 Å². The Kier molecular flexibility index (Phi) is 7.25. The highest BCUT2D eigenvalue weighted by atomic mass is 32.2. The van der Waals surface area contributed by atoms with Crippen molar-refractivity contribution in [3.05, 3.63) is 83.4 Å². The summed E-state index contributed by atoms with van der Waals surface area (Å²) in [5.41, 5.74) is 7.87. The van der Waals surface area contributed by atoms with E-state index in [1.807, 2.05) is 42.5 Å². The molecule has 31 heavy (non-hydrogen) atoms. The lowest BCUT2D eigenvalue weighted by Gasteiger charge is -2.14. The van der Waals surface area contributed by atoms with Gasteiger partial charge in [-0.15, -0.1) is 0 Å². The van der Waals surface area contributed by atoms with Crippen LogP contribution in [-0.2, 0) is 11.3 Å². The molecule has 1 unspecified atom stereocenters. The highest BCUT2D eigenvalue weighted by molar-refractivity contribution is 8.00. The van der Waals surface area contributed by atoms with Gasteiger partial charge in [0.25, 0.3) is 5.91 Å². The minimum Gasteiger partial charge on any atom is -0.383 e. The van der Waals surface area contributed by atoms with Gasteiger partial charge < -0.3 is 16.4 Å². The molecule has 7 nitrogen and oxygen atoms in total. The van der Waals surface area contributed by atoms with Crippen LogP contribution in [0.5, 0.6) is 0 Å². The van der Waals surface area contributed by atoms with Gasteiger partial charge in [-0.25, -0.2) is 4.98 Å². The van der Waals surface area contributed by atoms with Crippen molar-refractivity contribution in [3.63, 3.8) is 0 Å². The fraction of sp³-hybridized carbons (Fsp3) is 0.130. The van der Waals surface area contributed by atoms with Crippen LogP contribution in [0.2, 0.25) is 0 Å². The topological polar surface area (TPSA) is 121 Å². The molecule has 0 fully saturated rings. The van der Waals surface area contributed by atoms with Gasteiger partial charge in [0.15, 0.2) is 0 Å². The lowest BCUT2D eigenvalue weighted by molar-refractivity contribution is -0.120. The van der Waals surface area contributed by atoms with E-state index >= 15 is 0 Å². The van der Waals surface area contributed by atoms with Crippen molar-refractivity contribution in [3.8, 4) is 6.07 Å². The smallest absolute Gasteiger partial charge is 0.259 e. The maximum Gasteiger partial charge on any atom is 0.259 e. The van der Waals surface area contributed by atoms with Gasteiger partial charge in [0.05, 0.1) is 16.4 Å². The molecule has 0 aliphatic rings. The first-order chi connectivity index (χ1) is 15.0. The zero-order chi connectivity index (χ0) is 22.2. The van der Waals surface area contributed by atoms with Crippen molar-refractivity contribution in [1.29, 1.82) is 5.26 Å². The summed E-state index contributed by atoms with van der Waals surface area (Å²) in [5, 5.41) is 14.9. The number of para-hydroxylation sites is 1. The van der Waals surface area contributed by atoms with Gasteiger partial charge in [0.1, 0.15) is 16.9 Å². The van der Waals surface area contributed by atoms with Gasteiger partial charge >= 0.3 is 0 Å². The highest BCUT2D eigenvalue weighted by Crippen LogP contribution is 2.28. The van der Waals surface area contributed by atoms with Crippen LogP contribution in [0.3, 0.4) is 0 Å². The summed E-state index contributed by atoms with van der Waals surface area (Å²) in [7, 11) is 0. The monoisotopic (exact) mass is 431 g/mol. The van der Waals surface area contributed by atoms with E-state index in [0.717, 1.165) is 17.3 Å². The summed E-state index contributed by atoms with van der Waals surface area (Å²) in [6.45, 7) is 2.13. The summed E-state index contributed by atoms with van der Waals surface area (Å²) < 4.78 is 0. The maximum absolute atomic E-state index is 12.6. The summed E-state index contributed by atoms with van der Waals surface area (Å²) in [6, 6.07) is 21.9. The molecule has 2 amide bonds.